The number of pyridine rings is 1. The van der Waals surface area contributed by atoms with Gasteiger partial charge in [0.15, 0.2) is 0 Å². The summed E-state index contributed by atoms with van der Waals surface area (Å²) in [6.45, 7) is 4.85. The number of aromatic nitrogens is 1. The van der Waals surface area contributed by atoms with Gasteiger partial charge in [-0.25, -0.2) is 0 Å². The van der Waals surface area contributed by atoms with Crippen LogP contribution in [-0.2, 0) is 16.0 Å². The van der Waals surface area contributed by atoms with Gasteiger partial charge in [0.1, 0.15) is 0 Å². The van der Waals surface area contributed by atoms with Crippen LogP contribution >= 0.6 is 0 Å². The fourth-order valence-corrected chi connectivity index (χ4v) is 3.44. The maximum absolute atomic E-state index is 12.7. The summed E-state index contributed by atoms with van der Waals surface area (Å²) in [5.41, 5.74) is 2.27. The van der Waals surface area contributed by atoms with Crippen LogP contribution in [0.4, 0.5) is 0 Å². The van der Waals surface area contributed by atoms with E-state index in [0.29, 0.717) is 44.6 Å². The first-order valence-electron chi connectivity index (χ1n) is 9.66. The molecule has 0 saturated carbocycles. The van der Waals surface area contributed by atoms with Gasteiger partial charge in [0.25, 0.3) is 5.56 Å². The highest BCUT2D eigenvalue weighted by atomic mass is 16.2. The Morgan fingerprint density at radius 2 is 1.68 bits per heavy atom. The highest BCUT2D eigenvalue weighted by Gasteiger charge is 2.24. The molecule has 0 atom stereocenters. The maximum Gasteiger partial charge on any atom is 0.251 e. The average molecular weight is 384 g/mol. The monoisotopic (exact) mass is 384 g/mol. The smallest absolute Gasteiger partial charge is 0.251 e. The van der Waals surface area contributed by atoms with Crippen molar-refractivity contribution in [2.45, 2.75) is 19.8 Å². The average Bonchev–Trinajstić information content (AvgIpc) is 2.67. The van der Waals surface area contributed by atoms with Crippen molar-refractivity contribution in [1.29, 1.82) is 0 Å². The Kier molecular flexibility index (Phi) is 6.14. The molecule has 1 aromatic carbocycles. The minimum atomic E-state index is -0.0886. The number of hydrogen-bond acceptors (Lipinski definition) is 4. The van der Waals surface area contributed by atoms with Crippen molar-refractivity contribution in [2.75, 3.05) is 46.8 Å². The summed E-state index contributed by atoms with van der Waals surface area (Å²) < 4.78 is 0. The molecule has 1 aliphatic heterocycles. The zero-order chi connectivity index (χ0) is 20.3. The lowest BCUT2D eigenvalue weighted by molar-refractivity contribution is -0.139. The molecule has 3 rings (SSSR count). The van der Waals surface area contributed by atoms with Gasteiger partial charge in [-0.15, -0.1) is 0 Å². The van der Waals surface area contributed by atoms with E-state index in [0.717, 1.165) is 23.0 Å². The Bertz CT molecular complexity index is 927. The second-order valence-electron chi connectivity index (χ2n) is 7.69. The van der Waals surface area contributed by atoms with E-state index in [4.69, 9.17) is 0 Å². The molecule has 2 aromatic rings. The molecule has 1 aliphatic rings. The number of nitrogens with one attached hydrogen (secondary N) is 1. The predicted molar refractivity (Wildman–Crippen MR) is 109 cm³/mol. The Morgan fingerprint density at radius 3 is 2.32 bits per heavy atom. The molecule has 1 saturated heterocycles. The standard InChI is InChI=1S/C21H28N4O3/c1-15-12-17-13-16(4-5-18(17)22-21(15)28)14-20(27)25-10-8-24(9-11-25)19(26)6-7-23(2)3/h4-5,12-13H,6-11,14H2,1-3H3,(H,22,28). The molecule has 2 heterocycles. The molecule has 0 spiro atoms. The number of nitrogens with zero attached hydrogens (tertiary/aromatic N) is 3. The van der Waals surface area contributed by atoms with Crippen LogP contribution in [0.5, 0.6) is 0 Å². The number of carbonyl (C=O) groups excluding carboxylic acids is 2. The van der Waals surface area contributed by atoms with Crippen LogP contribution in [0.15, 0.2) is 29.1 Å². The third kappa shape index (κ3) is 4.78. The van der Waals surface area contributed by atoms with E-state index in [1.807, 2.05) is 53.1 Å². The lowest BCUT2D eigenvalue weighted by atomic mass is 10.1. The topological polar surface area (TPSA) is 76.7 Å². The van der Waals surface area contributed by atoms with Crippen molar-refractivity contribution < 1.29 is 9.59 Å². The Labute approximate surface area is 164 Å². The van der Waals surface area contributed by atoms with Gasteiger partial charge in [0.05, 0.1) is 6.42 Å². The quantitative estimate of drug-likeness (QED) is 0.835. The van der Waals surface area contributed by atoms with E-state index < -0.39 is 0 Å². The van der Waals surface area contributed by atoms with Crippen LogP contribution in [0.2, 0.25) is 0 Å². The van der Waals surface area contributed by atoms with E-state index in [9.17, 15) is 14.4 Å². The van der Waals surface area contributed by atoms with Gasteiger partial charge < -0.3 is 19.7 Å². The zero-order valence-electron chi connectivity index (χ0n) is 16.8. The molecule has 1 aromatic heterocycles. The number of fused-ring (bicyclic) bond motifs is 1. The molecule has 0 radical (unpaired) electrons. The minimum absolute atomic E-state index is 0.0703. The van der Waals surface area contributed by atoms with E-state index >= 15 is 0 Å². The molecule has 2 amide bonds. The molecule has 28 heavy (non-hydrogen) atoms. The van der Waals surface area contributed by atoms with Crippen molar-refractivity contribution >= 4 is 22.7 Å². The van der Waals surface area contributed by atoms with Crippen LogP contribution in [-0.4, -0.2) is 78.3 Å². The molecule has 1 N–H and O–H groups in total. The first-order chi connectivity index (χ1) is 13.3. The van der Waals surface area contributed by atoms with Gasteiger partial charge in [-0.1, -0.05) is 6.07 Å². The third-order valence-electron chi connectivity index (χ3n) is 5.21. The number of hydrogen-bond donors (Lipinski definition) is 1. The third-order valence-corrected chi connectivity index (χ3v) is 5.21. The fourth-order valence-electron chi connectivity index (χ4n) is 3.44. The van der Waals surface area contributed by atoms with Crippen molar-refractivity contribution in [3.63, 3.8) is 0 Å². The number of rotatable bonds is 5. The molecule has 0 unspecified atom stereocenters. The summed E-state index contributed by atoms with van der Waals surface area (Å²) in [5.74, 6) is 0.223. The summed E-state index contributed by atoms with van der Waals surface area (Å²) in [6, 6.07) is 7.53. The van der Waals surface area contributed by atoms with Gasteiger partial charge in [0.2, 0.25) is 11.8 Å². The summed E-state index contributed by atoms with van der Waals surface area (Å²) >= 11 is 0. The zero-order valence-corrected chi connectivity index (χ0v) is 16.8. The Balaban J connectivity index is 1.57. The SMILES string of the molecule is Cc1cc2cc(CC(=O)N3CCN(C(=O)CCN(C)C)CC3)ccc2[nH]c1=O. The first-order valence-corrected chi connectivity index (χ1v) is 9.66. The van der Waals surface area contributed by atoms with E-state index in [1.54, 1.807) is 6.92 Å². The molecular weight excluding hydrogens is 356 g/mol. The highest BCUT2D eigenvalue weighted by molar-refractivity contribution is 5.84. The second kappa shape index (κ2) is 8.56. The van der Waals surface area contributed by atoms with E-state index in [2.05, 4.69) is 4.98 Å². The maximum atomic E-state index is 12.7. The summed E-state index contributed by atoms with van der Waals surface area (Å²) in [4.78, 5) is 45.1. The molecule has 0 aliphatic carbocycles. The van der Waals surface area contributed by atoms with Crippen LogP contribution in [0, 0.1) is 6.92 Å². The van der Waals surface area contributed by atoms with Gasteiger partial charge in [-0.3, -0.25) is 14.4 Å². The number of piperazine rings is 1. The second-order valence-corrected chi connectivity index (χ2v) is 7.69. The largest absolute Gasteiger partial charge is 0.339 e. The predicted octanol–water partition coefficient (Wildman–Crippen LogP) is 1.00. The summed E-state index contributed by atoms with van der Waals surface area (Å²) in [7, 11) is 3.91. The molecule has 7 heteroatoms. The summed E-state index contributed by atoms with van der Waals surface area (Å²) in [6.07, 6.45) is 0.836. The molecule has 1 fully saturated rings. The molecule has 150 valence electrons. The van der Waals surface area contributed by atoms with E-state index in [1.165, 1.54) is 0 Å². The van der Waals surface area contributed by atoms with Crippen molar-refractivity contribution in [2.24, 2.45) is 0 Å². The van der Waals surface area contributed by atoms with E-state index in [-0.39, 0.29) is 17.4 Å². The van der Waals surface area contributed by atoms with Gasteiger partial charge >= 0.3 is 0 Å². The Morgan fingerprint density at radius 1 is 1.04 bits per heavy atom. The number of benzene rings is 1. The molecule has 7 nitrogen and oxygen atoms in total. The van der Waals surface area contributed by atoms with Gasteiger partial charge in [0, 0.05) is 50.2 Å². The van der Waals surface area contributed by atoms with Crippen LogP contribution in [0.3, 0.4) is 0 Å². The lowest BCUT2D eigenvalue weighted by Gasteiger charge is -2.35. The molecular formula is C21H28N4O3. The lowest BCUT2D eigenvalue weighted by Crippen LogP contribution is -2.51. The number of aryl methyl sites for hydroxylation is 1. The van der Waals surface area contributed by atoms with Crippen LogP contribution in [0.1, 0.15) is 17.5 Å². The van der Waals surface area contributed by atoms with Crippen molar-refractivity contribution in [3.05, 3.63) is 45.7 Å². The fraction of sp³-hybridized carbons (Fsp3) is 0.476. The Hall–Kier alpha value is -2.67. The van der Waals surface area contributed by atoms with Crippen molar-refractivity contribution in [1.82, 2.24) is 19.7 Å². The summed E-state index contributed by atoms with van der Waals surface area (Å²) in [5, 5.41) is 0.929. The van der Waals surface area contributed by atoms with Crippen LogP contribution < -0.4 is 5.56 Å². The number of aromatic amines is 1. The minimum Gasteiger partial charge on any atom is -0.339 e. The number of carbonyl (C=O) groups is 2. The first kappa shape index (κ1) is 20.1. The number of H-pyrrole nitrogens is 1. The van der Waals surface area contributed by atoms with Gasteiger partial charge in [-0.2, -0.15) is 0 Å². The number of amides is 2. The normalized spacial score (nSPS) is 14.7. The van der Waals surface area contributed by atoms with Crippen molar-refractivity contribution in [3.8, 4) is 0 Å². The molecule has 0 bridgehead atoms. The van der Waals surface area contributed by atoms with Crippen LogP contribution in [0.25, 0.3) is 10.9 Å². The highest BCUT2D eigenvalue weighted by Crippen LogP contribution is 2.15. The van der Waals surface area contributed by atoms with Gasteiger partial charge in [-0.05, 0) is 50.2 Å².